The predicted molar refractivity (Wildman–Crippen MR) is 38.1 cm³/mol. The van der Waals surface area contributed by atoms with Crippen LogP contribution in [-0.4, -0.2) is 36.9 Å². The van der Waals surface area contributed by atoms with E-state index in [1.807, 2.05) is 4.90 Å². The molecule has 1 rings (SSSR count). The molecule has 4 N–H and O–H groups in total. The fraction of sp³-hybridized carbons (Fsp3) is 1.00. The van der Waals surface area contributed by atoms with Crippen LogP contribution >= 0.6 is 0 Å². The van der Waals surface area contributed by atoms with Gasteiger partial charge in [0.15, 0.2) is 0 Å². The molecule has 0 aromatic carbocycles. The molecule has 4 heteroatoms. The van der Waals surface area contributed by atoms with Crippen LogP contribution in [0.25, 0.3) is 0 Å². The molecule has 1 fully saturated rings. The molecule has 10 heavy (non-hydrogen) atoms. The van der Waals surface area contributed by atoms with Gasteiger partial charge in [0, 0.05) is 19.1 Å². The van der Waals surface area contributed by atoms with Crippen LogP contribution < -0.4 is 11.5 Å². The van der Waals surface area contributed by atoms with Gasteiger partial charge in [-0.1, -0.05) is 0 Å². The molecule has 3 nitrogen and oxygen atoms in total. The normalized spacial score (nSPS) is 33.9. The van der Waals surface area contributed by atoms with Crippen molar-refractivity contribution in [1.29, 1.82) is 0 Å². The van der Waals surface area contributed by atoms with Crippen LogP contribution in [0.5, 0.6) is 0 Å². The third-order valence-corrected chi connectivity index (χ3v) is 1.88. The Kier molecular flexibility index (Phi) is 2.59. The van der Waals surface area contributed by atoms with E-state index in [-0.39, 0.29) is 18.9 Å². The summed E-state index contributed by atoms with van der Waals surface area (Å²) in [5.41, 5.74) is 11.1. The van der Waals surface area contributed by atoms with E-state index in [1.165, 1.54) is 0 Å². The van der Waals surface area contributed by atoms with E-state index in [4.69, 9.17) is 11.5 Å². The third-order valence-electron chi connectivity index (χ3n) is 1.88. The van der Waals surface area contributed by atoms with Crippen LogP contribution in [-0.2, 0) is 0 Å². The summed E-state index contributed by atoms with van der Waals surface area (Å²) in [6.45, 7) is 1.30. The molecule has 2 unspecified atom stereocenters. The second-order valence-electron chi connectivity index (χ2n) is 2.69. The van der Waals surface area contributed by atoms with Crippen LogP contribution in [0, 0.1) is 0 Å². The lowest BCUT2D eigenvalue weighted by molar-refractivity contribution is 0.0643. The van der Waals surface area contributed by atoms with Gasteiger partial charge >= 0.3 is 0 Å². The van der Waals surface area contributed by atoms with Crippen molar-refractivity contribution in [3.05, 3.63) is 0 Å². The first kappa shape index (κ1) is 7.91. The second kappa shape index (κ2) is 3.27. The molecule has 0 aromatic heterocycles. The summed E-state index contributed by atoms with van der Waals surface area (Å²) in [5.74, 6) is 0. The largest absolute Gasteiger partial charge is 0.324 e. The lowest BCUT2D eigenvalue weighted by Crippen LogP contribution is -2.68. The summed E-state index contributed by atoms with van der Waals surface area (Å²) in [6, 6.07) is 0.0969. The molecular formula is C6H14FN3. The highest BCUT2D eigenvalue weighted by atomic mass is 19.1. The molecule has 0 radical (unpaired) electrons. The van der Waals surface area contributed by atoms with Crippen LogP contribution in [0.4, 0.5) is 4.39 Å². The standard InChI is InChI=1S/C6H14FN3/c7-2-1-3-10-4-5(8)6(10)9/h5-6H,1-4,8-9H2. The second-order valence-corrected chi connectivity index (χ2v) is 2.69. The lowest BCUT2D eigenvalue weighted by Gasteiger charge is -2.43. The van der Waals surface area contributed by atoms with E-state index in [1.54, 1.807) is 0 Å². The van der Waals surface area contributed by atoms with Crippen molar-refractivity contribution < 1.29 is 4.39 Å². The Hall–Kier alpha value is -0.190. The zero-order valence-electron chi connectivity index (χ0n) is 5.96. The molecule has 0 spiro atoms. The molecule has 0 aliphatic carbocycles. The van der Waals surface area contributed by atoms with Crippen molar-refractivity contribution in [2.24, 2.45) is 11.5 Å². The Bertz CT molecular complexity index is 109. The molecule has 1 heterocycles. The summed E-state index contributed by atoms with van der Waals surface area (Å²) >= 11 is 0. The van der Waals surface area contributed by atoms with Gasteiger partial charge in [-0.2, -0.15) is 0 Å². The fourth-order valence-electron chi connectivity index (χ4n) is 1.14. The average molecular weight is 147 g/mol. The van der Waals surface area contributed by atoms with Crippen LogP contribution in [0.3, 0.4) is 0 Å². The number of alkyl halides is 1. The SMILES string of the molecule is NC1CN(CCCF)C1N. The maximum Gasteiger partial charge on any atom is 0.0906 e. The van der Waals surface area contributed by atoms with E-state index < -0.39 is 0 Å². The first-order valence-electron chi connectivity index (χ1n) is 3.57. The zero-order chi connectivity index (χ0) is 7.56. The number of hydrogen-bond donors (Lipinski definition) is 2. The van der Waals surface area contributed by atoms with Crippen molar-refractivity contribution in [2.45, 2.75) is 18.6 Å². The number of likely N-dealkylation sites (tertiary alicyclic amines) is 1. The Balaban J connectivity index is 2.08. The van der Waals surface area contributed by atoms with Crippen molar-refractivity contribution in [1.82, 2.24) is 4.90 Å². The van der Waals surface area contributed by atoms with Gasteiger partial charge in [0.05, 0.1) is 12.8 Å². The van der Waals surface area contributed by atoms with E-state index in [9.17, 15) is 4.39 Å². The Morgan fingerprint density at radius 3 is 2.60 bits per heavy atom. The van der Waals surface area contributed by atoms with Gasteiger partial charge in [0.25, 0.3) is 0 Å². The topological polar surface area (TPSA) is 55.3 Å². The lowest BCUT2D eigenvalue weighted by atomic mass is 10.1. The molecule has 2 atom stereocenters. The van der Waals surface area contributed by atoms with E-state index >= 15 is 0 Å². The zero-order valence-corrected chi connectivity index (χ0v) is 5.96. The third kappa shape index (κ3) is 1.45. The Morgan fingerprint density at radius 2 is 2.20 bits per heavy atom. The highest BCUT2D eigenvalue weighted by Crippen LogP contribution is 2.10. The molecule has 1 aliphatic rings. The van der Waals surface area contributed by atoms with Gasteiger partial charge in [0.1, 0.15) is 0 Å². The smallest absolute Gasteiger partial charge is 0.0906 e. The van der Waals surface area contributed by atoms with Crippen molar-refractivity contribution in [3.63, 3.8) is 0 Å². The minimum absolute atomic E-state index is 0.0356. The minimum atomic E-state index is -0.265. The minimum Gasteiger partial charge on any atom is -0.324 e. The van der Waals surface area contributed by atoms with Gasteiger partial charge < -0.3 is 11.5 Å². The van der Waals surface area contributed by atoms with Crippen molar-refractivity contribution >= 4 is 0 Å². The van der Waals surface area contributed by atoms with Crippen LogP contribution in [0.15, 0.2) is 0 Å². The summed E-state index contributed by atoms with van der Waals surface area (Å²) < 4.78 is 11.6. The fourth-order valence-corrected chi connectivity index (χ4v) is 1.14. The van der Waals surface area contributed by atoms with Gasteiger partial charge in [-0.15, -0.1) is 0 Å². The molecule has 60 valence electrons. The molecule has 1 saturated heterocycles. The van der Waals surface area contributed by atoms with E-state index in [0.717, 1.165) is 13.1 Å². The molecule has 1 aliphatic heterocycles. The molecule has 0 saturated carbocycles. The van der Waals surface area contributed by atoms with E-state index in [0.29, 0.717) is 6.42 Å². The number of nitrogens with two attached hydrogens (primary N) is 2. The van der Waals surface area contributed by atoms with E-state index in [2.05, 4.69) is 0 Å². The molecular weight excluding hydrogens is 133 g/mol. The average Bonchev–Trinajstić information content (AvgIpc) is 1.97. The highest BCUT2D eigenvalue weighted by molar-refractivity contribution is 4.90. The summed E-state index contributed by atoms with van der Waals surface area (Å²) in [6.07, 6.45) is 0.534. The van der Waals surface area contributed by atoms with Crippen molar-refractivity contribution in [3.8, 4) is 0 Å². The monoisotopic (exact) mass is 147 g/mol. The Labute approximate surface area is 60.2 Å². The first-order chi connectivity index (χ1) is 4.75. The van der Waals surface area contributed by atoms with Crippen molar-refractivity contribution in [2.75, 3.05) is 19.8 Å². The van der Waals surface area contributed by atoms with Gasteiger partial charge in [-0.25, -0.2) is 0 Å². The van der Waals surface area contributed by atoms with Crippen LogP contribution in [0.1, 0.15) is 6.42 Å². The quantitative estimate of drug-likeness (QED) is 0.553. The summed E-state index contributed by atoms with van der Waals surface area (Å²) in [5, 5.41) is 0. The molecule has 0 aromatic rings. The number of hydrogen-bond acceptors (Lipinski definition) is 3. The predicted octanol–water partition coefficient (Wildman–Crippen LogP) is -0.726. The first-order valence-corrected chi connectivity index (χ1v) is 3.57. The van der Waals surface area contributed by atoms with Crippen LogP contribution in [0.2, 0.25) is 0 Å². The van der Waals surface area contributed by atoms with Gasteiger partial charge in [0.2, 0.25) is 0 Å². The summed E-state index contributed by atoms with van der Waals surface area (Å²) in [4.78, 5) is 1.99. The Morgan fingerprint density at radius 1 is 1.50 bits per heavy atom. The highest BCUT2D eigenvalue weighted by Gasteiger charge is 2.31. The summed E-state index contributed by atoms with van der Waals surface area (Å²) in [7, 11) is 0. The maximum absolute atomic E-state index is 11.6. The maximum atomic E-state index is 11.6. The molecule has 0 bridgehead atoms. The van der Waals surface area contributed by atoms with Gasteiger partial charge in [-0.3, -0.25) is 9.29 Å². The number of halogens is 1. The molecule has 0 amide bonds. The number of nitrogens with zero attached hydrogens (tertiary/aromatic N) is 1. The number of rotatable bonds is 3. The van der Waals surface area contributed by atoms with Gasteiger partial charge in [-0.05, 0) is 6.42 Å².